The Balaban J connectivity index is 2.05. The number of thiophene rings is 1. The summed E-state index contributed by atoms with van der Waals surface area (Å²) in [5, 5.41) is 5.00. The Hall–Kier alpha value is -1.06. The molecule has 1 aromatic heterocycles. The zero-order valence-corrected chi connectivity index (χ0v) is 12.6. The Morgan fingerprint density at radius 1 is 1.37 bits per heavy atom. The quantitative estimate of drug-likeness (QED) is 0.879. The number of hydrogen-bond donors (Lipinski definition) is 1. The van der Waals surface area contributed by atoms with Crippen molar-refractivity contribution in [1.29, 1.82) is 0 Å². The van der Waals surface area contributed by atoms with Crippen LogP contribution >= 0.6 is 11.3 Å². The van der Waals surface area contributed by atoms with Gasteiger partial charge in [-0.05, 0) is 35.8 Å². The van der Waals surface area contributed by atoms with Crippen molar-refractivity contribution in [3.05, 3.63) is 28.6 Å². The van der Waals surface area contributed by atoms with Crippen LogP contribution in [0.25, 0.3) is 10.1 Å². The summed E-state index contributed by atoms with van der Waals surface area (Å²) in [6.07, 6.45) is 2.68. The summed E-state index contributed by atoms with van der Waals surface area (Å²) in [5.41, 5.74) is 1.49. The molecule has 0 unspecified atom stereocenters. The van der Waals surface area contributed by atoms with Crippen LogP contribution < -0.4 is 10.1 Å². The van der Waals surface area contributed by atoms with Gasteiger partial charge in [-0.1, -0.05) is 26.0 Å². The predicted octanol–water partition coefficient (Wildman–Crippen LogP) is 4.29. The third-order valence-corrected chi connectivity index (χ3v) is 4.96. The largest absolute Gasteiger partial charge is 0.495 e. The standard InChI is InChI=1S/C16H21NOS/c1-10(2)15-12-5-4-6-13(18-3)16(12)19-14(15)9-17-11-7-8-11/h4-6,10-11,17H,7-9H2,1-3H3. The molecule has 3 rings (SSSR count). The molecule has 3 heteroatoms. The fourth-order valence-corrected chi connectivity index (χ4v) is 4.01. The van der Waals surface area contributed by atoms with Crippen molar-refractivity contribution in [2.24, 2.45) is 0 Å². The highest BCUT2D eigenvalue weighted by Gasteiger charge is 2.22. The maximum atomic E-state index is 5.50. The Bertz CT molecular complexity index is 584. The molecule has 0 atom stereocenters. The van der Waals surface area contributed by atoms with Gasteiger partial charge < -0.3 is 10.1 Å². The van der Waals surface area contributed by atoms with Crippen LogP contribution in [0.1, 0.15) is 43.0 Å². The Morgan fingerprint density at radius 2 is 2.16 bits per heavy atom. The van der Waals surface area contributed by atoms with Crippen molar-refractivity contribution in [2.45, 2.75) is 45.2 Å². The van der Waals surface area contributed by atoms with E-state index in [-0.39, 0.29) is 0 Å². The van der Waals surface area contributed by atoms with Gasteiger partial charge in [0.25, 0.3) is 0 Å². The van der Waals surface area contributed by atoms with E-state index in [1.807, 2.05) is 11.3 Å². The zero-order valence-electron chi connectivity index (χ0n) is 11.8. The molecule has 1 saturated carbocycles. The predicted molar refractivity (Wildman–Crippen MR) is 82.3 cm³/mol. The van der Waals surface area contributed by atoms with Crippen molar-refractivity contribution in [3.8, 4) is 5.75 Å². The first-order chi connectivity index (χ1) is 9.20. The number of nitrogens with one attached hydrogen (secondary N) is 1. The zero-order chi connectivity index (χ0) is 13.4. The van der Waals surface area contributed by atoms with Crippen LogP contribution in [0.15, 0.2) is 18.2 Å². The molecule has 19 heavy (non-hydrogen) atoms. The maximum absolute atomic E-state index is 5.50. The third kappa shape index (κ3) is 2.49. The van der Waals surface area contributed by atoms with Crippen LogP contribution in [0.3, 0.4) is 0 Å². The molecule has 2 nitrogen and oxygen atoms in total. The van der Waals surface area contributed by atoms with Gasteiger partial charge >= 0.3 is 0 Å². The molecule has 1 aromatic carbocycles. The number of methoxy groups -OCH3 is 1. The van der Waals surface area contributed by atoms with E-state index in [0.29, 0.717) is 5.92 Å². The fourth-order valence-electron chi connectivity index (χ4n) is 2.61. The van der Waals surface area contributed by atoms with E-state index in [9.17, 15) is 0 Å². The number of benzene rings is 1. The minimum Gasteiger partial charge on any atom is -0.495 e. The van der Waals surface area contributed by atoms with E-state index in [4.69, 9.17) is 4.74 Å². The van der Waals surface area contributed by atoms with Crippen LogP contribution in [0.5, 0.6) is 5.75 Å². The van der Waals surface area contributed by atoms with E-state index in [1.165, 1.54) is 33.4 Å². The summed E-state index contributed by atoms with van der Waals surface area (Å²) < 4.78 is 6.80. The van der Waals surface area contributed by atoms with Crippen molar-refractivity contribution in [1.82, 2.24) is 5.32 Å². The molecular weight excluding hydrogens is 254 g/mol. The van der Waals surface area contributed by atoms with Crippen molar-refractivity contribution in [3.63, 3.8) is 0 Å². The second-order valence-electron chi connectivity index (χ2n) is 5.59. The summed E-state index contributed by atoms with van der Waals surface area (Å²) in [7, 11) is 1.76. The molecule has 1 aliphatic carbocycles. The molecular formula is C16H21NOS. The van der Waals surface area contributed by atoms with Crippen molar-refractivity contribution < 1.29 is 4.74 Å². The maximum Gasteiger partial charge on any atom is 0.136 e. The highest BCUT2D eigenvalue weighted by Crippen LogP contribution is 2.40. The Kier molecular flexibility index (Phi) is 3.50. The average Bonchev–Trinajstić information content (AvgIpc) is 3.14. The van der Waals surface area contributed by atoms with Gasteiger partial charge in [0.15, 0.2) is 0 Å². The van der Waals surface area contributed by atoms with Gasteiger partial charge in [0.1, 0.15) is 5.75 Å². The second kappa shape index (κ2) is 5.14. The SMILES string of the molecule is COc1cccc2c(C(C)C)c(CNC3CC3)sc12. The molecule has 0 radical (unpaired) electrons. The lowest BCUT2D eigenvalue weighted by atomic mass is 9.99. The normalized spacial score (nSPS) is 15.4. The van der Waals surface area contributed by atoms with Gasteiger partial charge in [0, 0.05) is 17.5 Å². The van der Waals surface area contributed by atoms with E-state index in [1.54, 1.807) is 7.11 Å². The number of fused-ring (bicyclic) bond motifs is 1. The van der Waals surface area contributed by atoms with Crippen LogP contribution in [-0.4, -0.2) is 13.2 Å². The lowest BCUT2D eigenvalue weighted by Gasteiger charge is -2.09. The van der Waals surface area contributed by atoms with Gasteiger partial charge in [-0.3, -0.25) is 0 Å². The number of hydrogen-bond acceptors (Lipinski definition) is 3. The molecule has 0 aliphatic heterocycles. The Morgan fingerprint density at radius 3 is 2.79 bits per heavy atom. The highest BCUT2D eigenvalue weighted by atomic mass is 32.1. The van der Waals surface area contributed by atoms with Crippen LogP contribution in [0, 0.1) is 0 Å². The molecule has 0 amide bonds. The lowest BCUT2D eigenvalue weighted by Crippen LogP contribution is -2.15. The molecule has 0 spiro atoms. The smallest absolute Gasteiger partial charge is 0.136 e. The summed E-state index contributed by atoms with van der Waals surface area (Å²) >= 11 is 1.89. The van der Waals surface area contributed by atoms with Gasteiger partial charge in [0.05, 0.1) is 11.8 Å². The molecule has 0 saturated heterocycles. The molecule has 102 valence electrons. The Labute approximate surface area is 118 Å². The molecule has 1 aliphatic rings. The van der Waals surface area contributed by atoms with E-state index < -0.39 is 0 Å². The van der Waals surface area contributed by atoms with Crippen molar-refractivity contribution in [2.75, 3.05) is 7.11 Å². The average molecular weight is 275 g/mol. The van der Waals surface area contributed by atoms with Crippen LogP contribution in [0.2, 0.25) is 0 Å². The fraction of sp³-hybridized carbons (Fsp3) is 0.500. The molecule has 1 heterocycles. The van der Waals surface area contributed by atoms with Crippen LogP contribution in [0.4, 0.5) is 0 Å². The second-order valence-corrected chi connectivity index (χ2v) is 6.69. The van der Waals surface area contributed by atoms with Gasteiger partial charge in [-0.15, -0.1) is 11.3 Å². The summed E-state index contributed by atoms with van der Waals surface area (Å²) in [5.74, 6) is 1.55. The summed E-state index contributed by atoms with van der Waals surface area (Å²) in [6, 6.07) is 7.13. The van der Waals surface area contributed by atoms with Gasteiger partial charge in [0.2, 0.25) is 0 Å². The first kappa shape index (κ1) is 12.9. The number of rotatable bonds is 5. The topological polar surface area (TPSA) is 21.3 Å². The van der Waals surface area contributed by atoms with Gasteiger partial charge in [-0.25, -0.2) is 0 Å². The third-order valence-electron chi connectivity index (χ3n) is 3.72. The monoisotopic (exact) mass is 275 g/mol. The summed E-state index contributed by atoms with van der Waals surface area (Å²) in [6.45, 7) is 5.56. The van der Waals surface area contributed by atoms with Gasteiger partial charge in [-0.2, -0.15) is 0 Å². The molecule has 2 aromatic rings. The summed E-state index contributed by atoms with van der Waals surface area (Å²) in [4.78, 5) is 1.47. The lowest BCUT2D eigenvalue weighted by molar-refractivity contribution is 0.420. The molecule has 1 N–H and O–H groups in total. The molecule has 1 fully saturated rings. The minimum atomic E-state index is 0.553. The van der Waals surface area contributed by atoms with E-state index in [2.05, 4.69) is 37.4 Å². The highest BCUT2D eigenvalue weighted by molar-refractivity contribution is 7.19. The van der Waals surface area contributed by atoms with Crippen LogP contribution in [-0.2, 0) is 6.54 Å². The van der Waals surface area contributed by atoms with E-state index >= 15 is 0 Å². The first-order valence-corrected chi connectivity index (χ1v) is 7.84. The minimum absolute atomic E-state index is 0.553. The number of ether oxygens (including phenoxy) is 1. The van der Waals surface area contributed by atoms with E-state index in [0.717, 1.165) is 18.3 Å². The molecule has 0 bridgehead atoms. The first-order valence-electron chi connectivity index (χ1n) is 7.02. The van der Waals surface area contributed by atoms with Crippen molar-refractivity contribution >= 4 is 21.4 Å².